The molecule has 0 spiro atoms. The molecule has 17 nitrogen and oxygen atoms in total. The average molecular weight is 989 g/mol. The number of nitro groups is 2. The highest BCUT2D eigenvalue weighted by Gasteiger charge is 2.65. The van der Waals surface area contributed by atoms with Crippen molar-refractivity contribution in [1.82, 2.24) is 4.90 Å². The Balaban J connectivity index is 1.43. The van der Waals surface area contributed by atoms with Crippen LogP contribution in [0.1, 0.15) is 78.7 Å². The zero-order valence-electron chi connectivity index (χ0n) is 40.8. The summed E-state index contributed by atoms with van der Waals surface area (Å²) in [4.78, 5) is 44.7. The largest absolute Gasteiger partial charge is 0.459 e. The van der Waals surface area contributed by atoms with Crippen LogP contribution in [0.5, 0.6) is 17.2 Å². The fourth-order valence-electron chi connectivity index (χ4n) is 10.2. The molecule has 3 N–H and O–H groups in total. The molecule has 1 heterocycles. The minimum Gasteiger partial charge on any atom is -0.459 e. The van der Waals surface area contributed by atoms with Crippen molar-refractivity contribution in [2.75, 3.05) is 46.2 Å². The molecule has 0 unspecified atom stereocenters. The van der Waals surface area contributed by atoms with Crippen LogP contribution in [0, 0.1) is 51.8 Å². The van der Waals surface area contributed by atoms with Crippen molar-refractivity contribution >= 4 is 29.1 Å². The molecule has 7 rings (SSSR count). The number of hydrogen-bond donors (Lipinski definition) is 3. The highest BCUT2D eigenvalue weighted by molar-refractivity contribution is 6.03. The summed E-state index contributed by atoms with van der Waals surface area (Å²) in [7, 11) is 0. The van der Waals surface area contributed by atoms with Gasteiger partial charge in [0.1, 0.15) is 29.9 Å². The van der Waals surface area contributed by atoms with Crippen molar-refractivity contribution in [1.29, 1.82) is 0 Å². The highest BCUT2D eigenvalue weighted by Crippen LogP contribution is 2.62. The number of hydrogen-bond acceptors (Lipinski definition) is 14. The minimum absolute atomic E-state index is 0.0172. The number of non-ortho nitro benzene ring substituents is 2. The van der Waals surface area contributed by atoms with Gasteiger partial charge in [-0.3, -0.25) is 25.0 Å². The number of ether oxygens (including phenoxy) is 4. The van der Waals surface area contributed by atoms with Crippen LogP contribution in [0.2, 0.25) is 0 Å². The second kappa shape index (κ2) is 25.1. The molecular weight excluding hydrogens is 925 g/mol. The Morgan fingerprint density at radius 1 is 0.861 bits per heavy atom. The quantitative estimate of drug-likeness (QED) is 0.0176. The number of fused-ring (bicyclic) bond motifs is 2. The number of nitrogens with zero attached hydrogens (tertiary/aromatic N) is 4. The molecule has 17 heteroatoms. The van der Waals surface area contributed by atoms with Gasteiger partial charge in [0, 0.05) is 68.0 Å². The summed E-state index contributed by atoms with van der Waals surface area (Å²) < 4.78 is 26.9. The van der Waals surface area contributed by atoms with Gasteiger partial charge in [0.15, 0.2) is 0 Å². The van der Waals surface area contributed by atoms with Crippen molar-refractivity contribution < 1.29 is 53.7 Å². The molecule has 4 aromatic carbocycles. The van der Waals surface area contributed by atoms with E-state index in [0.29, 0.717) is 59.8 Å². The van der Waals surface area contributed by atoms with Crippen LogP contribution in [0.25, 0.3) is 6.08 Å². The summed E-state index contributed by atoms with van der Waals surface area (Å²) in [5.41, 5.74) is 5.42. The van der Waals surface area contributed by atoms with Gasteiger partial charge in [-0.25, -0.2) is 0 Å². The van der Waals surface area contributed by atoms with Gasteiger partial charge in [-0.15, -0.1) is 6.58 Å². The second-order valence-electron chi connectivity index (χ2n) is 18.4. The van der Waals surface area contributed by atoms with E-state index in [9.17, 15) is 35.5 Å². The normalized spacial score (nSPS) is 21.5. The molecule has 0 saturated heterocycles. The number of unbranched alkanes of at least 4 members (excludes halogenated alkanes) is 2. The zero-order chi connectivity index (χ0) is 51.2. The van der Waals surface area contributed by atoms with Crippen molar-refractivity contribution in [3.05, 3.63) is 163 Å². The molecule has 6 atom stereocenters. The number of amides is 1. The molecule has 1 aliphatic heterocycles. The Bertz CT molecular complexity index is 2620. The third-order valence-corrected chi connectivity index (χ3v) is 13.8. The van der Waals surface area contributed by atoms with Crippen LogP contribution in [-0.4, -0.2) is 99.7 Å². The first-order valence-electron chi connectivity index (χ1n) is 24.5. The SMILES string of the molecule is C=CCO[C@@]12Oc3ccc(Oc4ccc(C)c(C)c4)cc3[C@H]3[C@H](CCCCO)[C@@H](CCCCO)C=C(C(=NOCc4ccc([N+](=O)[O-])cc4)C[C@@H]1N(CCOCCO)C(=O)C=Cc1ccc([N+](=O)[O-])cc1)[C@H]32. The van der Waals surface area contributed by atoms with Crippen LogP contribution in [0.15, 0.2) is 120 Å². The maximum atomic E-state index is 15.0. The molecule has 1 saturated carbocycles. The highest BCUT2D eigenvalue weighted by atomic mass is 16.7. The predicted octanol–water partition coefficient (Wildman–Crippen LogP) is 9.30. The van der Waals surface area contributed by atoms with E-state index in [1.54, 1.807) is 41.3 Å². The molecule has 3 aliphatic rings. The Morgan fingerprint density at radius 3 is 2.21 bits per heavy atom. The first-order valence-corrected chi connectivity index (χ1v) is 24.5. The standard InChI is InChI=1S/C55H64N4O13/c1-4-29-69-55-51(57(25-30-68-31-28-62)52(63)24-16-39-12-17-42(18-13-39)58(64)65)35-49(56-70-36-40-14-19-43(20-15-40)59(66)67)47-33-41(9-5-7-26-60)46(10-6-8-27-61)53(54(47)55)48-34-45(22-23-50(48)72-55)71-44-21-11-37(2)38(3)32-44/h4,11-24,32-34,41,46,51,53-54,60-62H,1,5-10,25-31,35-36H2,2-3H3/t41-,46+,51-,53+,54+,55+/m0/s1. The number of aliphatic hydroxyl groups excluding tert-OH is 3. The van der Waals surface area contributed by atoms with E-state index in [0.717, 1.165) is 35.1 Å². The third kappa shape index (κ3) is 12.5. The van der Waals surface area contributed by atoms with Gasteiger partial charge in [-0.05, 0) is 140 Å². The van der Waals surface area contributed by atoms with Gasteiger partial charge in [0.05, 0.1) is 47.9 Å². The maximum absolute atomic E-state index is 15.0. The Kier molecular flexibility index (Phi) is 18.5. The molecule has 2 aliphatic carbocycles. The lowest BCUT2D eigenvalue weighted by atomic mass is 9.55. The third-order valence-electron chi connectivity index (χ3n) is 13.8. The minimum atomic E-state index is -1.61. The lowest BCUT2D eigenvalue weighted by Gasteiger charge is -2.60. The number of nitro benzene ring substituents is 2. The molecule has 0 bridgehead atoms. The van der Waals surface area contributed by atoms with Crippen molar-refractivity contribution in [2.24, 2.45) is 22.9 Å². The van der Waals surface area contributed by atoms with Crippen LogP contribution < -0.4 is 9.47 Å². The van der Waals surface area contributed by atoms with Crippen molar-refractivity contribution in [3.8, 4) is 17.2 Å². The number of rotatable bonds is 26. The molecule has 0 radical (unpaired) electrons. The van der Waals surface area contributed by atoms with Crippen LogP contribution in [-0.2, 0) is 25.7 Å². The van der Waals surface area contributed by atoms with Gasteiger partial charge in [-0.2, -0.15) is 0 Å². The van der Waals surface area contributed by atoms with E-state index in [1.807, 2.05) is 50.2 Å². The van der Waals surface area contributed by atoms with E-state index in [-0.39, 0.29) is 88.3 Å². The summed E-state index contributed by atoms with van der Waals surface area (Å²) in [5, 5.41) is 57.5. The molecule has 1 amide bonds. The molecule has 4 aromatic rings. The second-order valence-corrected chi connectivity index (χ2v) is 18.4. The zero-order valence-corrected chi connectivity index (χ0v) is 40.8. The first kappa shape index (κ1) is 53.0. The Labute approximate surface area is 419 Å². The first-order chi connectivity index (χ1) is 34.9. The molecule has 72 heavy (non-hydrogen) atoms. The van der Waals surface area contributed by atoms with Gasteiger partial charge >= 0.3 is 0 Å². The Hall–Kier alpha value is -6.76. The summed E-state index contributed by atoms with van der Waals surface area (Å²) in [6, 6.07) is 22.6. The summed E-state index contributed by atoms with van der Waals surface area (Å²) in [6.07, 6.45) is 10.9. The van der Waals surface area contributed by atoms with Crippen LogP contribution in [0.4, 0.5) is 11.4 Å². The van der Waals surface area contributed by atoms with Gasteiger partial charge in [-0.1, -0.05) is 36.2 Å². The summed E-state index contributed by atoms with van der Waals surface area (Å²) in [5.74, 6) is -1.41. The predicted molar refractivity (Wildman–Crippen MR) is 271 cm³/mol. The summed E-state index contributed by atoms with van der Waals surface area (Å²) >= 11 is 0. The molecule has 382 valence electrons. The van der Waals surface area contributed by atoms with E-state index >= 15 is 4.79 Å². The molecule has 1 fully saturated rings. The lowest BCUT2D eigenvalue weighted by molar-refractivity contribution is -0.385. The number of aliphatic hydroxyl groups is 3. The molecule has 0 aromatic heterocycles. The van der Waals surface area contributed by atoms with E-state index in [2.05, 4.69) is 12.7 Å². The van der Waals surface area contributed by atoms with E-state index < -0.39 is 33.5 Å². The van der Waals surface area contributed by atoms with Crippen LogP contribution >= 0.6 is 0 Å². The number of carbonyl (C=O) groups is 1. The topological polar surface area (TPSA) is 226 Å². The van der Waals surface area contributed by atoms with Gasteiger partial charge < -0.3 is 44.0 Å². The number of aryl methyl sites for hydroxylation is 2. The van der Waals surface area contributed by atoms with Crippen molar-refractivity contribution in [2.45, 2.75) is 83.1 Å². The number of benzene rings is 4. The number of allylic oxidation sites excluding steroid dienone is 1. The maximum Gasteiger partial charge on any atom is 0.269 e. The monoisotopic (exact) mass is 988 g/mol. The summed E-state index contributed by atoms with van der Waals surface area (Å²) in [6.45, 7) is 7.97. The number of carbonyl (C=O) groups excluding carboxylic acids is 1. The van der Waals surface area contributed by atoms with E-state index in [1.165, 1.54) is 30.3 Å². The number of oxime groups is 1. The lowest BCUT2D eigenvalue weighted by Crippen LogP contribution is -2.70. The van der Waals surface area contributed by atoms with Gasteiger partial charge in [0.2, 0.25) is 11.7 Å². The van der Waals surface area contributed by atoms with Crippen molar-refractivity contribution in [3.63, 3.8) is 0 Å². The van der Waals surface area contributed by atoms with Crippen LogP contribution in [0.3, 0.4) is 0 Å². The smallest absolute Gasteiger partial charge is 0.269 e. The fraction of sp³-hybridized carbons (Fsp3) is 0.418. The van der Waals surface area contributed by atoms with E-state index in [4.69, 9.17) is 28.9 Å². The molecular formula is C55H64N4O13. The van der Waals surface area contributed by atoms with Gasteiger partial charge in [0.25, 0.3) is 11.4 Å². The fourth-order valence-corrected chi connectivity index (χ4v) is 10.2. The average Bonchev–Trinajstić information content (AvgIpc) is 3.38. The Morgan fingerprint density at radius 2 is 1.54 bits per heavy atom.